The summed E-state index contributed by atoms with van der Waals surface area (Å²) < 4.78 is 44.5. The third-order valence-corrected chi connectivity index (χ3v) is 6.51. The maximum atomic E-state index is 12.4. The summed E-state index contributed by atoms with van der Waals surface area (Å²) in [6.07, 6.45) is -1.56. The lowest BCUT2D eigenvalue weighted by molar-refractivity contribution is -0.274. The first kappa shape index (κ1) is 25.2. The SMILES string of the molecule is Cc1ccccc1-n1c(C)cs/c1=N\N=C\c1ccc(-c2ncn(-c3ccc(OC(F)(F)F)cc3)n2)cc1. The second-order valence-electron chi connectivity index (χ2n) is 8.30. The van der Waals surface area contributed by atoms with E-state index in [1.807, 2.05) is 48.7 Å². The number of thiazole rings is 1. The number of ether oxygens (including phenoxy) is 1. The number of para-hydroxylation sites is 1. The minimum Gasteiger partial charge on any atom is -0.406 e. The van der Waals surface area contributed by atoms with Crippen LogP contribution in [0, 0.1) is 13.8 Å². The van der Waals surface area contributed by atoms with E-state index in [1.165, 1.54) is 46.6 Å². The summed E-state index contributed by atoms with van der Waals surface area (Å²) in [6.45, 7) is 4.10. The van der Waals surface area contributed by atoms with Gasteiger partial charge in [-0.2, -0.15) is 5.10 Å². The molecule has 11 heteroatoms. The lowest BCUT2D eigenvalue weighted by Crippen LogP contribution is -2.17. The summed E-state index contributed by atoms with van der Waals surface area (Å²) in [7, 11) is 0. The molecule has 0 N–H and O–H groups in total. The quantitative estimate of drug-likeness (QED) is 0.191. The van der Waals surface area contributed by atoms with Gasteiger partial charge in [0.15, 0.2) is 5.82 Å². The Labute approximate surface area is 219 Å². The molecule has 0 aliphatic rings. The molecule has 5 aromatic rings. The van der Waals surface area contributed by atoms with Gasteiger partial charge in [-0.15, -0.1) is 34.7 Å². The first-order chi connectivity index (χ1) is 18.3. The Hall–Kier alpha value is -4.51. The average molecular weight is 535 g/mol. The zero-order chi connectivity index (χ0) is 26.7. The maximum absolute atomic E-state index is 12.4. The van der Waals surface area contributed by atoms with Gasteiger partial charge in [-0.05, 0) is 55.3 Å². The molecular formula is C27H21F3N6OS. The van der Waals surface area contributed by atoms with E-state index in [4.69, 9.17) is 0 Å². The number of hydrogen-bond donors (Lipinski definition) is 0. The van der Waals surface area contributed by atoms with Crippen molar-refractivity contribution in [3.63, 3.8) is 0 Å². The standard InChI is InChI=1S/C27H21F3N6OS/c1-18-5-3-4-6-24(18)36-19(2)16-38-26(36)33-32-15-20-7-9-21(10-8-20)25-31-17-35(34-25)22-11-13-23(14-12-22)37-27(28,29)30/h3-17H,1-2H3/b32-15+,33-26-. The van der Waals surface area contributed by atoms with Crippen LogP contribution in [-0.2, 0) is 0 Å². The van der Waals surface area contributed by atoms with Crippen LogP contribution in [0.3, 0.4) is 0 Å². The van der Waals surface area contributed by atoms with Crippen LogP contribution in [0.5, 0.6) is 5.75 Å². The van der Waals surface area contributed by atoms with Crippen molar-refractivity contribution < 1.29 is 17.9 Å². The predicted octanol–water partition coefficient (Wildman–Crippen LogP) is 6.24. The fraction of sp³-hybridized carbons (Fsp3) is 0.111. The van der Waals surface area contributed by atoms with Gasteiger partial charge in [-0.25, -0.2) is 9.67 Å². The van der Waals surface area contributed by atoms with Gasteiger partial charge in [0.05, 0.1) is 17.6 Å². The monoisotopic (exact) mass is 534 g/mol. The van der Waals surface area contributed by atoms with Gasteiger partial charge in [-0.3, -0.25) is 4.57 Å². The summed E-state index contributed by atoms with van der Waals surface area (Å²) in [5.74, 6) is 0.173. The lowest BCUT2D eigenvalue weighted by atomic mass is 10.1. The van der Waals surface area contributed by atoms with Crippen molar-refractivity contribution in [3.8, 4) is 28.5 Å². The summed E-state index contributed by atoms with van der Waals surface area (Å²) in [4.78, 5) is 5.09. The van der Waals surface area contributed by atoms with Crippen molar-refractivity contribution in [1.29, 1.82) is 0 Å². The number of alkyl halides is 3. The van der Waals surface area contributed by atoms with Crippen LogP contribution in [0.1, 0.15) is 16.8 Å². The molecule has 0 spiro atoms. The van der Waals surface area contributed by atoms with E-state index in [2.05, 4.69) is 48.6 Å². The van der Waals surface area contributed by atoms with Crippen molar-refractivity contribution in [2.45, 2.75) is 20.2 Å². The number of aryl methyl sites for hydroxylation is 2. The highest BCUT2D eigenvalue weighted by Crippen LogP contribution is 2.24. The fourth-order valence-electron chi connectivity index (χ4n) is 3.75. The Morgan fingerprint density at radius 3 is 2.39 bits per heavy atom. The minimum atomic E-state index is -4.74. The van der Waals surface area contributed by atoms with E-state index in [-0.39, 0.29) is 5.75 Å². The third-order valence-electron chi connectivity index (χ3n) is 5.58. The lowest BCUT2D eigenvalue weighted by Gasteiger charge is -2.09. The molecule has 0 unspecified atom stereocenters. The zero-order valence-electron chi connectivity index (χ0n) is 20.3. The van der Waals surface area contributed by atoms with Crippen LogP contribution in [0.15, 0.2) is 94.7 Å². The number of halogens is 3. The zero-order valence-corrected chi connectivity index (χ0v) is 21.1. The maximum Gasteiger partial charge on any atom is 0.573 e. The molecule has 0 fully saturated rings. The Bertz CT molecular complexity index is 1650. The first-order valence-electron chi connectivity index (χ1n) is 11.5. The number of benzene rings is 3. The summed E-state index contributed by atoms with van der Waals surface area (Å²) in [6, 6.07) is 21.0. The minimum absolute atomic E-state index is 0.301. The molecule has 0 amide bonds. The predicted molar refractivity (Wildman–Crippen MR) is 140 cm³/mol. The molecule has 192 valence electrons. The largest absolute Gasteiger partial charge is 0.573 e. The van der Waals surface area contributed by atoms with E-state index >= 15 is 0 Å². The van der Waals surface area contributed by atoms with Crippen molar-refractivity contribution in [1.82, 2.24) is 19.3 Å². The molecule has 0 bridgehead atoms. The molecule has 3 aromatic carbocycles. The van der Waals surface area contributed by atoms with E-state index in [1.54, 1.807) is 6.21 Å². The molecule has 38 heavy (non-hydrogen) atoms. The van der Waals surface area contributed by atoms with Crippen LogP contribution in [0.25, 0.3) is 22.8 Å². The molecular weight excluding hydrogens is 513 g/mol. The molecule has 0 saturated carbocycles. The Morgan fingerprint density at radius 2 is 1.68 bits per heavy atom. The molecule has 0 aliphatic heterocycles. The van der Waals surface area contributed by atoms with Crippen LogP contribution < -0.4 is 9.54 Å². The van der Waals surface area contributed by atoms with Gasteiger partial charge in [0.25, 0.3) is 0 Å². The summed E-state index contributed by atoms with van der Waals surface area (Å²) in [5.41, 5.74) is 5.49. The van der Waals surface area contributed by atoms with Gasteiger partial charge in [0.2, 0.25) is 4.80 Å². The van der Waals surface area contributed by atoms with Crippen molar-refractivity contribution >= 4 is 17.6 Å². The highest BCUT2D eigenvalue weighted by molar-refractivity contribution is 7.07. The molecule has 0 aliphatic carbocycles. The van der Waals surface area contributed by atoms with Crippen molar-refractivity contribution in [2.75, 3.05) is 0 Å². The topological polar surface area (TPSA) is 69.6 Å². The molecule has 2 heterocycles. The highest BCUT2D eigenvalue weighted by Gasteiger charge is 2.31. The second kappa shape index (κ2) is 10.5. The van der Waals surface area contributed by atoms with Gasteiger partial charge in [0.1, 0.15) is 12.1 Å². The number of rotatable bonds is 6. The third kappa shape index (κ3) is 5.73. The van der Waals surface area contributed by atoms with E-state index in [0.29, 0.717) is 11.5 Å². The van der Waals surface area contributed by atoms with Gasteiger partial charge >= 0.3 is 6.36 Å². The Kier molecular flexibility index (Phi) is 6.93. The fourth-order valence-corrected chi connectivity index (χ4v) is 4.58. The second-order valence-corrected chi connectivity index (χ2v) is 9.14. The molecule has 5 rings (SSSR count). The normalized spacial score (nSPS) is 12.4. The van der Waals surface area contributed by atoms with Crippen molar-refractivity contribution in [3.05, 3.63) is 106 Å². The highest BCUT2D eigenvalue weighted by atomic mass is 32.1. The number of nitrogens with zero attached hydrogens (tertiary/aromatic N) is 6. The summed E-state index contributed by atoms with van der Waals surface area (Å²) >= 11 is 1.52. The van der Waals surface area contributed by atoms with Crippen LogP contribution >= 0.6 is 11.3 Å². The van der Waals surface area contributed by atoms with Crippen LogP contribution in [0.4, 0.5) is 13.2 Å². The van der Waals surface area contributed by atoms with E-state index in [9.17, 15) is 13.2 Å². The van der Waals surface area contributed by atoms with Crippen LogP contribution in [-0.4, -0.2) is 31.9 Å². The first-order valence-corrected chi connectivity index (χ1v) is 12.3. The number of aromatic nitrogens is 4. The van der Waals surface area contributed by atoms with Crippen LogP contribution in [0.2, 0.25) is 0 Å². The van der Waals surface area contributed by atoms with Gasteiger partial charge < -0.3 is 4.74 Å². The molecule has 0 atom stereocenters. The molecule has 7 nitrogen and oxygen atoms in total. The molecule has 0 saturated heterocycles. The average Bonchev–Trinajstić information content (AvgIpc) is 3.52. The van der Waals surface area contributed by atoms with E-state index in [0.717, 1.165) is 32.9 Å². The molecule has 0 radical (unpaired) electrons. The Morgan fingerprint density at radius 1 is 0.947 bits per heavy atom. The number of hydrogen-bond acceptors (Lipinski definition) is 6. The van der Waals surface area contributed by atoms with Gasteiger partial charge in [0, 0.05) is 16.6 Å². The summed E-state index contributed by atoms with van der Waals surface area (Å²) in [5, 5.41) is 15.2. The molecule has 2 aromatic heterocycles. The van der Waals surface area contributed by atoms with Gasteiger partial charge in [-0.1, -0.05) is 42.5 Å². The van der Waals surface area contributed by atoms with E-state index < -0.39 is 6.36 Å². The smallest absolute Gasteiger partial charge is 0.406 e. The Balaban J connectivity index is 1.30. The van der Waals surface area contributed by atoms with Crippen molar-refractivity contribution in [2.24, 2.45) is 10.2 Å².